The number of anilines is 1. The summed E-state index contributed by atoms with van der Waals surface area (Å²) in [5, 5.41) is 0. The highest BCUT2D eigenvalue weighted by Gasteiger charge is 2.25. The van der Waals surface area contributed by atoms with Gasteiger partial charge in [-0.2, -0.15) is 0 Å². The summed E-state index contributed by atoms with van der Waals surface area (Å²) in [6.07, 6.45) is 5.60. The Morgan fingerprint density at radius 2 is 1.83 bits per heavy atom. The Bertz CT molecular complexity index is 803. The smallest absolute Gasteiger partial charge is 0.459 e. The molecule has 1 aromatic rings. The molecule has 0 bridgehead atoms. The Morgan fingerprint density at radius 3 is 2.42 bits per heavy atom. The van der Waals surface area contributed by atoms with Crippen molar-refractivity contribution in [3.05, 3.63) is 35.9 Å². The van der Waals surface area contributed by atoms with Gasteiger partial charge in [-0.3, -0.25) is 9.69 Å². The van der Waals surface area contributed by atoms with Gasteiger partial charge in [-0.15, -0.1) is 0 Å². The number of ether oxygens (including phenoxy) is 2. The minimum atomic E-state index is -0.445. The molecule has 1 aromatic heterocycles. The van der Waals surface area contributed by atoms with Gasteiger partial charge in [-0.1, -0.05) is 25.0 Å². The van der Waals surface area contributed by atoms with Crippen LogP contribution in [0.4, 0.5) is 5.82 Å². The van der Waals surface area contributed by atoms with Crippen LogP contribution in [-0.2, 0) is 30.0 Å². The van der Waals surface area contributed by atoms with Crippen molar-refractivity contribution in [1.82, 2.24) is 9.88 Å². The second-order valence-corrected chi connectivity index (χ2v) is 10.7. The van der Waals surface area contributed by atoms with Crippen LogP contribution in [0.2, 0.25) is 0 Å². The summed E-state index contributed by atoms with van der Waals surface area (Å²) in [5.74, 6) is 2.72. The lowest BCUT2D eigenvalue weighted by molar-refractivity contribution is -0.156. The van der Waals surface area contributed by atoms with Crippen LogP contribution in [0.5, 0.6) is 0 Å². The molecule has 8 nitrogen and oxygen atoms in total. The van der Waals surface area contributed by atoms with Gasteiger partial charge in [0.2, 0.25) is 0 Å². The van der Waals surface area contributed by atoms with Crippen LogP contribution in [0.3, 0.4) is 0 Å². The molecule has 36 heavy (non-hydrogen) atoms. The first-order chi connectivity index (χ1) is 17.0. The summed E-state index contributed by atoms with van der Waals surface area (Å²) in [5.41, 5.74) is 0.476. The van der Waals surface area contributed by atoms with Crippen molar-refractivity contribution >= 4 is 18.9 Å². The number of esters is 1. The monoisotopic (exact) mass is 503 g/mol. The van der Waals surface area contributed by atoms with Gasteiger partial charge in [0.1, 0.15) is 11.4 Å². The van der Waals surface area contributed by atoms with E-state index in [1.807, 2.05) is 45.9 Å². The molecular formula is C27H46BN3O5. The van der Waals surface area contributed by atoms with Crippen LogP contribution in [0.25, 0.3) is 0 Å². The topological polar surface area (TPSA) is 73.4 Å². The molecule has 0 unspecified atom stereocenters. The predicted molar refractivity (Wildman–Crippen MR) is 145 cm³/mol. The zero-order chi connectivity index (χ0) is 26.6. The minimum Gasteiger partial charge on any atom is -0.459 e. The zero-order valence-electron chi connectivity index (χ0n) is 23.4. The number of piperazine rings is 1. The summed E-state index contributed by atoms with van der Waals surface area (Å²) in [6, 6.07) is 4.18. The first-order valence-corrected chi connectivity index (χ1v) is 13.2. The predicted octanol–water partition coefficient (Wildman–Crippen LogP) is 3.93. The normalized spacial score (nSPS) is 15.5. The van der Waals surface area contributed by atoms with Crippen LogP contribution in [0, 0.1) is 0 Å². The molecule has 0 amide bonds. The van der Waals surface area contributed by atoms with Gasteiger partial charge < -0.3 is 23.7 Å². The van der Waals surface area contributed by atoms with E-state index in [0.29, 0.717) is 26.4 Å². The minimum absolute atomic E-state index is 0.168. The molecule has 0 aliphatic carbocycles. The molecule has 1 saturated heterocycles. The Kier molecular flexibility index (Phi) is 12.4. The standard InChI is InChI=1S/C27H46BN3O5/c1-8-27(6,7)36-28(34-9-2)14-10-19-33-20-13-23-11-12-24(29-21-23)31-17-15-30(16-18-31)22-25(32)35-26(3,4)5/h10-12,14,21H,8-9,13,15-20,22H2,1-7H3/b14-10+. The number of carbonyl (C=O) groups is 1. The van der Waals surface area contributed by atoms with Crippen molar-refractivity contribution in [1.29, 1.82) is 0 Å². The van der Waals surface area contributed by atoms with Gasteiger partial charge in [-0.05, 0) is 66.0 Å². The number of carbonyl (C=O) groups excluding carboxylic acids is 1. The average Bonchev–Trinajstić information content (AvgIpc) is 2.81. The molecule has 0 saturated carbocycles. The maximum Gasteiger partial charge on any atom is 0.486 e. The van der Waals surface area contributed by atoms with E-state index in [4.69, 9.17) is 18.8 Å². The van der Waals surface area contributed by atoms with Gasteiger partial charge in [0, 0.05) is 44.6 Å². The summed E-state index contributed by atoms with van der Waals surface area (Å²) in [6.45, 7) is 19.3. The molecule has 0 radical (unpaired) electrons. The van der Waals surface area contributed by atoms with E-state index >= 15 is 0 Å². The Hall–Kier alpha value is -1.94. The third-order valence-corrected chi connectivity index (χ3v) is 5.94. The van der Waals surface area contributed by atoms with Gasteiger partial charge in [0.05, 0.1) is 19.8 Å². The van der Waals surface area contributed by atoms with Crippen molar-refractivity contribution in [2.24, 2.45) is 0 Å². The lowest BCUT2D eigenvalue weighted by Gasteiger charge is -2.35. The second kappa shape index (κ2) is 14.7. The third kappa shape index (κ3) is 11.9. The van der Waals surface area contributed by atoms with Gasteiger partial charge in [0.15, 0.2) is 0 Å². The molecule has 9 heteroatoms. The number of rotatable bonds is 14. The highest BCUT2D eigenvalue weighted by atomic mass is 16.6. The van der Waals surface area contributed by atoms with Crippen LogP contribution in [0.1, 0.15) is 60.5 Å². The van der Waals surface area contributed by atoms with E-state index in [2.05, 4.69) is 47.7 Å². The lowest BCUT2D eigenvalue weighted by atomic mass is 9.87. The van der Waals surface area contributed by atoms with Crippen molar-refractivity contribution in [3.63, 3.8) is 0 Å². The van der Waals surface area contributed by atoms with Crippen LogP contribution in [-0.4, -0.2) is 86.7 Å². The molecule has 1 aliphatic rings. The van der Waals surface area contributed by atoms with Gasteiger partial charge in [-0.25, -0.2) is 4.98 Å². The fraction of sp³-hybridized carbons (Fsp3) is 0.704. The van der Waals surface area contributed by atoms with Crippen LogP contribution in [0.15, 0.2) is 30.4 Å². The highest BCUT2D eigenvalue weighted by molar-refractivity contribution is 6.50. The van der Waals surface area contributed by atoms with E-state index in [9.17, 15) is 4.79 Å². The largest absolute Gasteiger partial charge is 0.486 e. The van der Waals surface area contributed by atoms with Gasteiger partial charge >= 0.3 is 13.1 Å². The molecular weight excluding hydrogens is 457 g/mol. The molecule has 202 valence electrons. The van der Waals surface area contributed by atoms with Crippen LogP contribution >= 0.6 is 0 Å². The first-order valence-electron chi connectivity index (χ1n) is 13.2. The lowest BCUT2D eigenvalue weighted by Crippen LogP contribution is -2.48. The average molecular weight is 503 g/mol. The Balaban J connectivity index is 1.68. The number of pyridine rings is 1. The molecule has 0 atom stereocenters. The zero-order valence-corrected chi connectivity index (χ0v) is 23.4. The Morgan fingerprint density at radius 1 is 1.11 bits per heavy atom. The molecule has 2 heterocycles. The summed E-state index contributed by atoms with van der Waals surface area (Å²) in [7, 11) is -0.357. The number of hydrogen-bond acceptors (Lipinski definition) is 8. The first kappa shape index (κ1) is 30.3. The van der Waals surface area contributed by atoms with Crippen molar-refractivity contribution in [2.75, 3.05) is 57.4 Å². The van der Waals surface area contributed by atoms with E-state index < -0.39 is 5.60 Å². The van der Waals surface area contributed by atoms with Crippen molar-refractivity contribution in [3.8, 4) is 0 Å². The summed E-state index contributed by atoms with van der Waals surface area (Å²) in [4.78, 5) is 21.1. The molecule has 0 N–H and O–H groups in total. The quantitative estimate of drug-likeness (QED) is 0.215. The van der Waals surface area contributed by atoms with Crippen LogP contribution < -0.4 is 4.90 Å². The summed E-state index contributed by atoms with van der Waals surface area (Å²) < 4.78 is 22.9. The van der Waals surface area contributed by atoms with E-state index in [1.54, 1.807) is 0 Å². The maximum absolute atomic E-state index is 12.1. The maximum atomic E-state index is 12.1. The van der Waals surface area contributed by atoms with E-state index in [0.717, 1.165) is 50.4 Å². The van der Waals surface area contributed by atoms with E-state index in [-0.39, 0.29) is 18.7 Å². The molecule has 1 aliphatic heterocycles. The highest BCUT2D eigenvalue weighted by Crippen LogP contribution is 2.17. The molecule has 1 fully saturated rings. The number of aromatic nitrogens is 1. The number of nitrogens with zero attached hydrogens (tertiary/aromatic N) is 3. The molecule has 2 rings (SSSR count). The summed E-state index contributed by atoms with van der Waals surface area (Å²) >= 11 is 0. The van der Waals surface area contributed by atoms with E-state index in [1.165, 1.54) is 0 Å². The molecule has 0 aromatic carbocycles. The SMILES string of the molecule is CCOB(/C=C/COCCc1ccc(N2CCN(CC(=O)OC(C)(C)C)CC2)nc1)OC(C)(C)CC. The Labute approximate surface area is 218 Å². The number of hydrogen-bond donors (Lipinski definition) is 0. The van der Waals surface area contributed by atoms with Gasteiger partial charge in [0.25, 0.3) is 0 Å². The fourth-order valence-electron chi connectivity index (χ4n) is 3.64. The third-order valence-electron chi connectivity index (χ3n) is 5.94. The molecule has 0 spiro atoms. The van der Waals surface area contributed by atoms with Crippen molar-refractivity contribution < 1.29 is 23.6 Å². The fourth-order valence-corrected chi connectivity index (χ4v) is 3.64. The second-order valence-electron chi connectivity index (χ2n) is 10.7. The van der Waals surface area contributed by atoms with Crippen molar-refractivity contribution in [2.45, 2.75) is 72.5 Å².